The molecule has 0 aliphatic rings. The van der Waals surface area contributed by atoms with Gasteiger partial charge in [-0.15, -0.1) is 0 Å². The van der Waals surface area contributed by atoms with E-state index in [0.29, 0.717) is 0 Å². The summed E-state index contributed by atoms with van der Waals surface area (Å²) >= 11 is 0. The molecule has 1 atom stereocenters. The first-order chi connectivity index (χ1) is 5.42. The second-order valence-electron chi connectivity index (χ2n) is 3.33. The molecule has 0 aliphatic heterocycles. The first-order valence-corrected chi connectivity index (χ1v) is 3.95. The van der Waals surface area contributed by atoms with E-state index in [9.17, 15) is 4.79 Å². The molecule has 0 rings (SSSR count). The summed E-state index contributed by atoms with van der Waals surface area (Å²) in [5, 5.41) is 8.95. The summed E-state index contributed by atoms with van der Waals surface area (Å²) < 4.78 is 4.74. The van der Waals surface area contributed by atoms with Gasteiger partial charge in [0.2, 0.25) is 0 Å². The van der Waals surface area contributed by atoms with E-state index in [2.05, 4.69) is 0 Å². The summed E-state index contributed by atoms with van der Waals surface area (Å²) in [5.41, 5.74) is 4.95. The van der Waals surface area contributed by atoms with Crippen molar-refractivity contribution in [3.63, 3.8) is 0 Å². The molecule has 3 N–H and O–H groups in total. The fourth-order valence-electron chi connectivity index (χ4n) is 0.631. The molecule has 0 aromatic heterocycles. The summed E-state index contributed by atoms with van der Waals surface area (Å²) in [4.78, 5) is 10.5. The monoisotopic (exact) mass is 175 g/mol. The van der Waals surface area contributed by atoms with Gasteiger partial charge in [0.15, 0.2) is 0 Å². The van der Waals surface area contributed by atoms with Crippen LogP contribution in [0.3, 0.4) is 0 Å². The number of ether oxygens (including phenoxy) is 1. The molecule has 0 bridgehead atoms. The van der Waals surface area contributed by atoms with Gasteiger partial charge in [0.1, 0.15) is 6.61 Å². The molecule has 72 valence electrons. The summed E-state index contributed by atoms with van der Waals surface area (Å²) in [6.45, 7) is 4.95. The lowest BCUT2D eigenvalue weighted by atomic mass is 9.89. The largest absolute Gasteiger partial charge is 0.464 e. The minimum Gasteiger partial charge on any atom is -0.464 e. The number of hydrogen-bond acceptors (Lipinski definition) is 4. The number of hydrogen-bond donors (Lipinski definition) is 2. The maximum Gasteiger partial charge on any atom is 0.302 e. The Bertz CT molecular complexity index is 158. The molecule has 0 aliphatic carbocycles. The van der Waals surface area contributed by atoms with Gasteiger partial charge in [-0.25, -0.2) is 0 Å². The summed E-state index contributed by atoms with van der Waals surface area (Å²) in [5.74, 6) is -0.305. The Morgan fingerprint density at radius 1 is 1.67 bits per heavy atom. The Kier molecular flexibility index (Phi) is 4.20. The van der Waals surface area contributed by atoms with Crippen LogP contribution in [0.15, 0.2) is 0 Å². The third kappa shape index (κ3) is 3.19. The molecule has 0 radical (unpaired) electrons. The Balaban J connectivity index is 4.05. The molecule has 0 fully saturated rings. The first kappa shape index (κ1) is 11.4. The van der Waals surface area contributed by atoms with E-state index in [1.54, 1.807) is 0 Å². The molecule has 0 spiro atoms. The fraction of sp³-hybridized carbons (Fsp3) is 0.875. The molecular weight excluding hydrogens is 158 g/mol. The normalized spacial score (nSPS) is 15.8. The van der Waals surface area contributed by atoms with Crippen LogP contribution >= 0.6 is 0 Å². The van der Waals surface area contributed by atoms with E-state index in [1.165, 1.54) is 6.92 Å². The molecule has 0 amide bonds. The molecule has 0 saturated heterocycles. The molecule has 4 nitrogen and oxygen atoms in total. The first-order valence-electron chi connectivity index (χ1n) is 3.95. The zero-order chi connectivity index (χ0) is 9.78. The van der Waals surface area contributed by atoms with E-state index >= 15 is 0 Å². The maximum atomic E-state index is 10.5. The summed E-state index contributed by atoms with van der Waals surface area (Å²) in [6, 6.07) is 0. The lowest BCUT2D eigenvalue weighted by Crippen LogP contribution is -2.52. The molecule has 0 aromatic carbocycles. The maximum absolute atomic E-state index is 10.5. The number of carbonyl (C=O) groups is 1. The van der Waals surface area contributed by atoms with Crippen LogP contribution in [0.1, 0.15) is 20.8 Å². The molecule has 1 unspecified atom stereocenters. The van der Waals surface area contributed by atoms with Gasteiger partial charge < -0.3 is 15.6 Å². The van der Waals surface area contributed by atoms with Crippen molar-refractivity contribution in [3.8, 4) is 0 Å². The van der Waals surface area contributed by atoms with E-state index in [-0.39, 0.29) is 25.1 Å². The number of aliphatic hydroxyl groups excluding tert-OH is 1. The van der Waals surface area contributed by atoms with E-state index < -0.39 is 5.54 Å². The summed E-state index contributed by atoms with van der Waals surface area (Å²) in [7, 11) is 0. The van der Waals surface area contributed by atoms with Crippen molar-refractivity contribution in [1.29, 1.82) is 0 Å². The lowest BCUT2D eigenvalue weighted by Gasteiger charge is -2.30. The Morgan fingerprint density at radius 2 is 2.17 bits per heavy atom. The SMILES string of the molecule is CC(=O)OCC(N)(CO)C(C)C. The van der Waals surface area contributed by atoms with Gasteiger partial charge in [0.25, 0.3) is 0 Å². The zero-order valence-electron chi connectivity index (χ0n) is 7.83. The highest BCUT2D eigenvalue weighted by Gasteiger charge is 2.29. The van der Waals surface area contributed by atoms with E-state index in [0.717, 1.165) is 0 Å². The van der Waals surface area contributed by atoms with Crippen molar-refractivity contribution in [2.75, 3.05) is 13.2 Å². The van der Waals surface area contributed by atoms with Crippen LogP contribution in [0.5, 0.6) is 0 Å². The van der Waals surface area contributed by atoms with Crippen LogP contribution in [-0.4, -0.2) is 29.8 Å². The predicted molar refractivity (Wildman–Crippen MR) is 45.5 cm³/mol. The Morgan fingerprint density at radius 3 is 2.42 bits per heavy atom. The number of rotatable bonds is 4. The number of esters is 1. The number of aliphatic hydroxyl groups is 1. The zero-order valence-corrected chi connectivity index (χ0v) is 7.83. The second-order valence-corrected chi connectivity index (χ2v) is 3.33. The van der Waals surface area contributed by atoms with Crippen LogP contribution in [0.2, 0.25) is 0 Å². The van der Waals surface area contributed by atoms with Gasteiger partial charge >= 0.3 is 5.97 Å². The molecular formula is C8H17NO3. The van der Waals surface area contributed by atoms with Gasteiger partial charge in [-0.05, 0) is 5.92 Å². The third-order valence-corrected chi connectivity index (χ3v) is 1.99. The highest BCUT2D eigenvalue weighted by atomic mass is 16.5. The lowest BCUT2D eigenvalue weighted by molar-refractivity contribution is -0.143. The average molecular weight is 175 g/mol. The molecule has 12 heavy (non-hydrogen) atoms. The Labute approximate surface area is 72.7 Å². The fourth-order valence-corrected chi connectivity index (χ4v) is 0.631. The van der Waals surface area contributed by atoms with Crippen LogP contribution in [0.4, 0.5) is 0 Å². The van der Waals surface area contributed by atoms with Crippen LogP contribution in [-0.2, 0) is 9.53 Å². The number of nitrogens with two attached hydrogens (primary N) is 1. The van der Waals surface area contributed by atoms with Crippen molar-refractivity contribution in [2.24, 2.45) is 11.7 Å². The quantitative estimate of drug-likeness (QED) is 0.585. The average Bonchev–Trinajstić information content (AvgIpc) is 1.99. The van der Waals surface area contributed by atoms with Gasteiger partial charge in [-0.2, -0.15) is 0 Å². The smallest absolute Gasteiger partial charge is 0.302 e. The van der Waals surface area contributed by atoms with Crippen molar-refractivity contribution >= 4 is 5.97 Å². The number of carbonyl (C=O) groups excluding carboxylic acids is 1. The van der Waals surface area contributed by atoms with Gasteiger partial charge in [0, 0.05) is 6.92 Å². The standard InChI is InChI=1S/C8H17NO3/c1-6(2)8(9,4-10)5-12-7(3)11/h6,10H,4-5,9H2,1-3H3. The van der Waals surface area contributed by atoms with E-state index in [1.807, 2.05) is 13.8 Å². The highest BCUT2D eigenvalue weighted by molar-refractivity contribution is 5.65. The second kappa shape index (κ2) is 4.42. The predicted octanol–water partition coefficient (Wildman–Crippen LogP) is -0.105. The third-order valence-electron chi connectivity index (χ3n) is 1.99. The molecule has 4 heteroatoms. The van der Waals surface area contributed by atoms with Crippen LogP contribution in [0.25, 0.3) is 0 Å². The van der Waals surface area contributed by atoms with Crippen molar-refractivity contribution in [3.05, 3.63) is 0 Å². The van der Waals surface area contributed by atoms with Crippen LogP contribution in [0, 0.1) is 5.92 Å². The highest BCUT2D eigenvalue weighted by Crippen LogP contribution is 2.13. The van der Waals surface area contributed by atoms with Gasteiger partial charge in [-0.1, -0.05) is 13.8 Å². The van der Waals surface area contributed by atoms with Crippen LogP contribution < -0.4 is 5.73 Å². The molecule has 0 saturated carbocycles. The minimum atomic E-state index is -0.814. The van der Waals surface area contributed by atoms with Gasteiger partial charge in [0.05, 0.1) is 12.1 Å². The Hall–Kier alpha value is -0.610. The topological polar surface area (TPSA) is 72.5 Å². The van der Waals surface area contributed by atoms with Crippen molar-refractivity contribution < 1.29 is 14.6 Å². The molecule has 0 heterocycles. The molecule has 0 aromatic rings. The van der Waals surface area contributed by atoms with E-state index in [4.69, 9.17) is 15.6 Å². The van der Waals surface area contributed by atoms with Gasteiger partial charge in [-0.3, -0.25) is 4.79 Å². The van der Waals surface area contributed by atoms with Crippen molar-refractivity contribution in [1.82, 2.24) is 0 Å². The minimum absolute atomic E-state index is 0.0660. The summed E-state index contributed by atoms with van der Waals surface area (Å²) in [6.07, 6.45) is 0. The van der Waals surface area contributed by atoms with Crippen molar-refractivity contribution in [2.45, 2.75) is 26.3 Å².